The first-order valence-corrected chi connectivity index (χ1v) is 5.87. The Morgan fingerprint density at radius 2 is 1.94 bits per heavy atom. The summed E-state index contributed by atoms with van der Waals surface area (Å²) >= 11 is 3.02. The Morgan fingerprint density at radius 1 is 1.35 bits per heavy atom. The molecule has 0 amide bonds. The fourth-order valence-electron chi connectivity index (χ4n) is 1.68. The monoisotopic (exact) mass is 297 g/mol. The van der Waals surface area contributed by atoms with Crippen molar-refractivity contribution in [1.29, 1.82) is 0 Å². The number of carboxylic acids is 1. The second-order valence-corrected chi connectivity index (χ2v) is 4.78. The first-order chi connectivity index (χ1) is 7.91. The lowest BCUT2D eigenvalue weighted by Gasteiger charge is -2.12. The lowest BCUT2D eigenvalue weighted by molar-refractivity contribution is -0.131. The number of hydrogen-bond acceptors (Lipinski definition) is 3. The highest BCUT2D eigenvalue weighted by Crippen LogP contribution is 2.41. The molecule has 4 nitrogen and oxygen atoms in total. The number of aryl methyl sites for hydroxylation is 2. The van der Waals surface area contributed by atoms with Crippen LogP contribution in [0.5, 0.6) is 5.75 Å². The molecule has 0 aliphatic carbocycles. The van der Waals surface area contributed by atoms with E-state index < -0.39 is 5.97 Å². The maximum atomic E-state index is 10.9. The number of halogens is 1. The predicted octanol–water partition coefficient (Wildman–Crippen LogP) is 2.78. The van der Waals surface area contributed by atoms with Crippen LogP contribution in [0.15, 0.2) is 22.5 Å². The van der Waals surface area contributed by atoms with Crippen LogP contribution in [0, 0.1) is 13.8 Å². The van der Waals surface area contributed by atoms with Crippen LogP contribution in [0.4, 0.5) is 5.69 Å². The van der Waals surface area contributed by atoms with Gasteiger partial charge in [0.2, 0.25) is 5.88 Å². The Morgan fingerprint density at radius 3 is 2.53 bits per heavy atom. The Hall–Kier alpha value is -1.49. The molecule has 0 saturated heterocycles. The first-order valence-electron chi connectivity index (χ1n) is 5.07. The van der Waals surface area contributed by atoms with Gasteiger partial charge >= 0.3 is 5.97 Å². The van der Waals surface area contributed by atoms with Crippen molar-refractivity contribution in [2.45, 2.75) is 13.8 Å². The topological polar surface area (TPSA) is 49.8 Å². The molecule has 0 radical (unpaired) electrons. The quantitative estimate of drug-likeness (QED) is 0.810. The third kappa shape index (κ3) is 1.91. The molecule has 0 bridgehead atoms. The smallest absolute Gasteiger partial charge is 0.348 e. The fraction of sp³-hybridized carbons (Fsp3) is 0.250. The van der Waals surface area contributed by atoms with Gasteiger partial charge in [-0.2, -0.15) is 0 Å². The lowest BCUT2D eigenvalue weighted by Crippen LogP contribution is -2.17. The van der Waals surface area contributed by atoms with Gasteiger partial charge in [-0.05, 0) is 53.0 Å². The van der Waals surface area contributed by atoms with Crippen molar-refractivity contribution in [3.63, 3.8) is 0 Å². The van der Waals surface area contributed by atoms with E-state index in [1.165, 1.54) is 0 Å². The van der Waals surface area contributed by atoms with Gasteiger partial charge in [-0.25, -0.2) is 4.79 Å². The molecular formula is C12H12BrNO3. The molecule has 5 heteroatoms. The molecule has 1 aromatic carbocycles. The van der Waals surface area contributed by atoms with E-state index in [9.17, 15) is 4.79 Å². The van der Waals surface area contributed by atoms with Crippen LogP contribution in [0.3, 0.4) is 0 Å². The molecular weight excluding hydrogens is 286 g/mol. The molecule has 1 aliphatic heterocycles. The van der Waals surface area contributed by atoms with Crippen molar-refractivity contribution in [2.24, 2.45) is 0 Å². The Balaban J connectivity index is 2.53. The highest BCUT2D eigenvalue weighted by Gasteiger charge is 2.28. The SMILES string of the molecule is Cc1cc2c(cc1C)N(C)C(=C(Br)C(=O)O)O2. The molecule has 90 valence electrons. The summed E-state index contributed by atoms with van der Waals surface area (Å²) in [6, 6.07) is 3.90. The number of nitrogens with zero attached hydrogens (tertiary/aromatic N) is 1. The molecule has 1 aliphatic rings. The van der Waals surface area contributed by atoms with Crippen LogP contribution in [-0.2, 0) is 4.79 Å². The zero-order valence-corrected chi connectivity index (χ0v) is 11.3. The van der Waals surface area contributed by atoms with Gasteiger partial charge in [-0.3, -0.25) is 0 Å². The van der Waals surface area contributed by atoms with Crippen LogP contribution in [0.2, 0.25) is 0 Å². The predicted molar refractivity (Wildman–Crippen MR) is 68.5 cm³/mol. The van der Waals surface area contributed by atoms with E-state index in [1.807, 2.05) is 26.0 Å². The number of hydrogen-bond donors (Lipinski definition) is 1. The summed E-state index contributed by atoms with van der Waals surface area (Å²) in [5.74, 6) is -0.0607. The number of carboxylic acid groups (broad SMARTS) is 1. The third-order valence-corrected chi connectivity index (χ3v) is 3.50. The minimum absolute atomic E-state index is 0.0199. The minimum atomic E-state index is -1.05. The van der Waals surface area contributed by atoms with E-state index in [-0.39, 0.29) is 4.48 Å². The molecule has 0 saturated carbocycles. The van der Waals surface area contributed by atoms with Gasteiger partial charge < -0.3 is 14.7 Å². The van der Waals surface area contributed by atoms with Crippen molar-refractivity contribution >= 4 is 27.6 Å². The number of anilines is 1. The number of ether oxygens (including phenoxy) is 1. The number of fused-ring (bicyclic) bond motifs is 1. The summed E-state index contributed by atoms with van der Waals surface area (Å²) in [5, 5.41) is 8.94. The van der Waals surface area contributed by atoms with Gasteiger partial charge in [-0.15, -0.1) is 0 Å². The van der Waals surface area contributed by atoms with Gasteiger partial charge in [-0.1, -0.05) is 0 Å². The second-order valence-electron chi connectivity index (χ2n) is 3.99. The summed E-state index contributed by atoms with van der Waals surface area (Å²) in [5.41, 5.74) is 3.14. The standard InChI is InChI=1S/C12H12BrNO3/c1-6-4-8-9(5-7(6)2)17-11(14(8)3)10(13)12(15)16/h4-5H,1-3H3,(H,15,16). The molecule has 1 aromatic rings. The van der Waals surface area contributed by atoms with E-state index in [2.05, 4.69) is 15.9 Å². The van der Waals surface area contributed by atoms with Crippen molar-refractivity contribution in [2.75, 3.05) is 11.9 Å². The van der Waals surface area contributed by atoms with Gasteiger partial charge in [0.1, 0.15) is 0 Å². The van der Waals surface area contributed by atoms with Crippen LogP contribution in [0.1, 0.15) is 11.1 Å². The molecule has 0 atom stereocenters. The van der Waals surface area contributed by atoms with E-state index in [1.54, 1.807) is 11.9 Å². The molecule has 17 heavy (non-hydrogen) atoms. The van der Waals surface area contributed by atoms with Crippen molar-refractivity contribution in [3.05, 3.63) is 33.6 Å². The summed E-state index contributed by atoms with van der Waals surface area (Å²) in [4.78, 5) is 12.6. The number of benzene rings is 1. The zero-order chi connectivity index (χ0) is 12.7. The average Bonchev–Trinajstić information content (AvgIpc) is 2.56. The van der Waals surface area contributed by atoms with Crippen LogP contribution >= 0.6 is 15.9 Å². The van der Waals surface area contributed by atoms with Gasteiger partial charge in [0, 0.05) is 7.05 Å². The highest BCUT2D eigenvalue weighted by molar-refractivity contribution is 9.12. The van der Waals surface area contributed by atoms with Gasteiger partial charge in [0.15, 0.2) is 10.2 Å². The van der Waals surface area contributed by atoms with Crippen molar-refractivity contribution in [1.82, 2.24) is 0 Å². The van der Waals surface area contributed by atoms with Gasteiger partial charge in [0.25, 0.3) is 0 Å². The molecule has 0 fully saturated rings. The normalized spacial score (nSPS) is 16.6. The van der Waals surface area contributed by atoms with Crippen LogP contribution in [0.25, 0.3) is 0 Å². The minimum Gasteiger partial charge on any atom is -0.477 e. The first kappa shape index (κ1) is 12.0. The number of carbonyl (C=O) groups is 1. The van der Waals surface area contributed by atoms with Crippen LogP contribution in [-0.4, -0.2) is 18.1 Å². The van der Waals surface area contributed by atoms with Crippen molar-refractivity contribution < 1.29 is 14.6 Å². The highest BCUT2D eigenvalue weighted by atomic mass is 79.9. The molecule has 2 rings (SSSR count). The molecule has 0 aromatic heterocycles. The third-order valence-electron chi connectivity index (χ3n) is 2.82. The van der Waals surface area contributed by atoms with Gasteiger partial charge in [0.05, 0.1) is 5.69 Å². The largest absolute Gasteiger partial charge is 0.477 e. The number of rotatable bonds is 1. The summed E-state index contributed by atoms with van der Waals surface area (Å²) in [7, 11) is 1.78. The maximum absolute atomic E-state index is 10.9. The molecule has 0 spiro atoms. The summed E-state index contributed by atoms with van der Waals surface area (Å²) < 4.78 is 5.58. The second kappa shape index (κ2) is 4.07. The summed E-state index contributed by atoms with van der Waals surface area (Å²) in [6.07, 6.45) is 0. The molecule has 1 N–H and O–H groups in total. The Bertz CT molecular complexity index is 537. The fourth-order valence-corrected chi connectivity index (χ4v) is 2.03. The average molecular weight is 298 g/mol. The number of aliphatic carboxylic acids is 1. The Kier molecular flexibility index (Phi) is 2.87. The van der Waals surface area contributed by atoms with E-state index in [0.29, 0.717) is 11.6 Å². The molecule has 1 heterocycles. The van der Waals surface area contributed by atoms with E-state index >= 15 is 0 Å². The zero-order valence-electron chi connectivity index (χ0n) is 9.74. The summed E-state index contributed by atoms with van der Waals surface area (Å²) in [6.45, 7) is 4.00. The van der Waals surface area contributed by atoms with Crippen molar-refractivity contribution in [3.8, 4) is 5.75 Å². The Labute approximate surface area is 108 Å². The van der Waals surface area contributed by atoms with E-state index in [4.69, 9.17) is 9.84 Å². The maximum Gasteiger partial charge on any atom is 0.348 e. The lowest BCUT2D eigenvalue weighted by atomic mass is 10.1. The van der Waals surface area contributed by atoms with E-state index in [0.717, 1.165) is 16.8 Å². The van der Waals surface area contributed by atoms with Crippen LogP contribution < -0.4 is 9.64 Å². The molecule has 0 unspecified atom stereocenters.